The zero-order valence-electron chi connectivity index (χ0n) is 16.4. The number of methoxy groups -OCH3 is 1. The molecule has 0 saturated heterocycles. The minimum Gasteiger partial charge on any atom is -0.493 e. The van der Waals surface area contributed by atoms with Crippen LogP contribution in [0.5, 0.6) is 11.5 Å². The highest BCUT2D eigenvalue weighted by Crippen LogP contribution is 2.29. The van der Waals surface area contributed by atoms with Crippen molar-refractivity contribution in [1.29, 1.82) is 0 Å². The van der Waals surface area contributed by atoms with Crippen molar-refractivity contribution < 1.29 is 23.8 Å². The van der Waals surface area contributed by atoms with Gasteiger partial charge in [-0.05, 0) is 56.0 Å². The molecule has 0 fully saturated rings. The van der Waals surface area contributed by atoms with Gasteiger partial charge in [0.05, 0.1) is 19.3 Å². The second-order valence-corrected chi connectivity index (χ2v) is 7.30. The lowest BCUT2D eigenvalue weighted by atomic mass is 10.2. The first kappa shape index (κ1) is 21.5. The van der Waals surface area contributed by atoms with Crippen LogP contribution in [0.15, 0.2) is 41.8 Å². The van der Waals surface area contributed by atoms with Gasteiger partial charge in [-0.1, -0.05) is 12.1 Å². The number of esters is 1. The number of rotatable bonds is 9. The summed E-state index contributed by atoms with van der Waals surface area (Å²) in [7, 11) is 1.56. The molecule has 0 radical (unpaired) electrons. The van der Waals surface area contributed by atoms with E-state index in [4.69, 9.17) is 14.2 Å². The fourth-order valence-corrected chi connectivity index (χ4v) is 3.11. The molecule has 1 amide bonds. The second-order valence-electron chi connectivity index (χ2n) is 6.32. The van der Waals surface area contributed by atoms with Crippen molar-refractivity contribution in [2.24, 2.45) is 0 Å². The lowest BCUT2D eigenvalue weighted by molar-refractivity contribution is -0.144. The van der Waals surface area contributed by atoms with Gasteiger partial charge in [-0.15, -0.1) is 11.3 Å². The Labute approximate surface area is 169 Å². The van der Waals surface area contributed by atoms with Crippen LogP contribution in [0.25, 0.3) is 6.08 Å². The molecule has 150 valence electrons. The Balaban J connectivity index is 1.85. The zero-order valence-corrected chi connectivity index (χ0v) is 17.2. The van der Waals surface area contributed by atoms with E-state index in [0.29, 0.717) is 11.5 Å². The van der Waals surface area contributed by atoms with Gasteiger partial charge in [-0.3, -0.25) is 4.79 Å². The average Bonchev–Trinajstić information content (AvgIpc) is 3.20. The van der Waals surface area contributed by atoms with Crippen LogP contribution in [0.2, 0.25) is 0 Å². The van der Waals surface area contributed by atoms with Gasteiger partial charge in [-0.2, -0.15) is 0 Å². The number of amides is 1. The number of hydrogen-bond acceptors (Lipinski definition) is 6. The van der Waals surface area contributed by atoms with Crippen LogP contribution in [-0.4, -0.2) is 31.7 Å². The molecular weight excluding hydrogens is 378 g/mol. The van der Waals surface area contributed by atoms with E-state index in [9.17, 15) is 9.59 Å². The highest BCUT2D eigenvalue weighted by molar-refractivity contribution is 7.10. The molecule has 0 saturated carbocycles. The molecule has 1 aromatic heterocycles. The molecule has 1 aromatic carbocycles. The monoisotopic (exact) mass is 403 g/mol. The third-order valence-corrected chi connectivity index (χ3v) is 4.71. The molecular formula is C21H25NO5S. The Bertz CT molecular complexity index is 814. The van der Waals surface area contributed by atoms with Gasteiger partial charge in [0, 0.05) is 11.0 Å². The molecule has 0 spiro atoms. The molecule has 0 unspecified atom stereocenters. The molecule has 2 rings (SSSR count). The van der Waals surface area contributed by atoms with Gasteiger partial charge in [0.15, 0.2) is 18.1 Å². The molecule has 6 nitrogen and oxygen atoms in total. The van der Waals surface area contributed by atoms with Crippen molar-refractivity contribution in [1.82, 2.24) is 5.32 Å². The molecule has 0 bridgehead atoms. The van der Waals surface area contributed by atoms with E-state index in [0.717, 1.165) is 10.4 Å². The zero-order chi connectivity index (χ0) is 20.5. The topological polar surface area (TPSA) is 73.9 Å². The molecule has 28 heavy (non-hydrogen) atoms. The first-order valence-corrected chi connectivity index (χ1v) is 9.79. The Hall–Kier alpha value is -2.80. The minimum absolute atomic E-state index is 0.0268. The van der Waals surface area contributed by atoms with Crippen LogP contribution in [0.4, 0.5) is 0 Å². The fourth-order valence-electron chi connectivity index (χ4n) is 2.38. The second kappa shape index (κ2) is 10.5. The van der Waals surface area contributed by atoms with Crippen molar-refractivity contribution >= 4 is 29.3 Å². The van der Waals surface area contributed by atoms with Gasteiger partial charge in [0.2, 0.25) is 0 Å². The lowest BCUT2D eigenvalue weighted by Crippen LogP contribution is -2.30. The SMILES string of the molecule is COc1cc(/C=C/C(=O)OCC(=O)N[C@@H](C)c2cccs2)ccc1OC(C)C. The van der Waals surface area contributed by atoms with E-state index in [-0.39, 0.29) is 24.7 Å². The van der Waals surface area contributed by atoms with E-state index in [1.165, 1.54) is 6.08 Å². The maximum absolute atomic E-state index is 11.9. The first-order valence-electron chi connectivity index (χ1n) is 8.91. The summed E-state index contributed by atoms with van der Waals surface area (Å²) in [5, 5.41) is 4.73. The molecule has 1 N–H and O–H groups in total. The van der Waals surface area contributed by atoms with Gasteiger partial charge in [0.25, 0.3) is 5.91 Å². The van der Waals surface area contributed by atoms with Gasteiger partial charge in [0.1, 0.15) is 0 Å². The maximum atomic E-state index is 11.9. The van der Waals surface area contributed by atoms with E-state index >= 15 is 0 Å². The summed E-state index contributed by atoms with van der Waals surface area (Å²) in [5.74, 6) is 0.264. The van der Waals surface area contributed by atoms with Crippen LogP contribution >= 0.6 is 11.3 Å². The Kier molecular flexibility index (Phi) is 8.07. The molecule has 7 heteroatoms. The van der Waals surface area contributed by atoms with Crippen molar-refractivity contribution in [3.8, 4) is 11.5 Å². The Morgan fingerprint density at radius 3 is 2.61 bits per heavy atom. The standard InChI is InChI=1S/C21H25NO5S/c1-14(2)27-17-9-7-16(12-18(17)25-4)8-10-21(24)26-13-20(23)22-15(3)19-6-5-11-28-19/h5-12,14-15H,13H2,1-4H3,(H,22,23)/b10-8+/t15-/m0/s1. The summed E-state index contributed by atoms with van der Waals surface area (Å²) in [6.07, 6.45) is 2.89. The van der Waals surface area contributed by atoms with E-state index in [1.807, 2.05) is 38.3 Å². The molecule has 0 aliphatic rings. The molecule has 0 aliphatic heterocycles. The molecule has 2 aromatic rings. The van der Waals surface area contributed by atoms with E-state index < -0.39 is 5.97 Å². The van der Waals surface area contributed by atoms with E-state index in [2.05, 4.69) is 5.32 Å². The smallest absolute Gasteiger partial charge is 0.331 e. The largest absolute Gasteiger partial charge is 0.493 e. The summed E-state index contributed by atoms with van der Waals surface area (Å²) in [5.41, 5.74) is 0.751. The highest BCUT2D eigenvalue weighted by Gasteiger charge is 2.12. The van der Waals surface area contributed by atoms with Crippen LogP contribution < -0.4 is 14.8 Å². The number of carbonyl (C=O) groups excluding carboxylic acids is 2. The number of thiophene rings is 1. The number of carbonyl (C=O) groups is 2. The Morgan fingerprint density at radius 1 is 1.18 bits per heavy atom. The number of ether oxygens (including phenoxy) is 3. The van der Waals surface area contributed by atoms with Crippen molar-refractivity contribution in [2.45, 2.75) is 32.9 Å². The molecule has 1 heterocycles. The van der Waals surface area contributed by atoms with Crippen LogP contribution in [0, 0.1) is 0 Å². The van der Waals surface area contributed by atoms with Crippen LogP contribution in [0.3, 0.4) is 0 Å². The summed E-state index contributed by atoms with van der Waals surface area (Å²) in [6, 6.07) is 9.08. The summed E-state index contributed by atoms with van der Waals surface area (Å²) in [4.78, 5) is 24.8. The normalized spacial score (nSPS) is 12.0. The van der Waals surface area contributed by atoms with Crippen LogP contribution in [-0.2, 0) is 14.3 Å². The fraction of sp³-hybridized carbons (Fsp3) is 0.333. The van der Waals surface area contributed by atoms with Gasteiger partial charge in [-0.25, -0.2) is 4.79 Å². The van der Waals surface area contributed by atoms with Crippen molar-refractivity contribution in [2.75, 3.05) is 13.7 Å². The quantitative estimate of drug-likeness (QED) is 0.506. The average molecular weight is 404 g/mol. The first-order chi connectivity index (χ1) is 13.4. The predicted molar refractivity (Wildman–Crippen MR) is 110 cm³/mol. The third kappa shape index (κ3) is 6.74. The highest BCUT2D eigenvalue weighted by atomic mass is 32.1. The van der Waals surface area contributed by atoms with E-state index in [1.54, 1.807) is 42.7 Å². The van der Waals surface area contributed by atoms with Crippen LogP contribution in [0.1, 0.15) is 37.3 Å². The van der Waals surface area contributed by atoms with Crippen molar-refractivity contribution in [3.05, 3.63) is 52.2 Å². The number of hydrogen-bond donors (Lipinski definition) is 1. The third-order valence-electron chi connectivity index (χ3n) is 3.66. The maximum Gasteiger partial charge on any atom is 0.331 e. The number of nitrogens with one attached hydrogen (secondary N) is 1. The number of benzene rings is 1. The summed E-state index contributed by atoms with van der Waals surface area (Å²) >= 11 is 1.56. The summed E-state index contributed by atoms with van der Waals surface area (Å²) in [6.45, 7) is 5.41. The van der Waals surface area contributed by atoms with Gasteiger partial charge >= 0.3 is 5.97 Å². The molecule has 1 atom stereocenters. The van der Waals surface area contributed by atoms with Gasteiger partial charge < -0.3 is 19.5 Å². The minimum atomic E-state index is -0.597. The summed E-state index contributed by atoms with van der Waals surface area (Å²) < 4.78 is 16.0. The lowest BCUT2D eigenvalue weighted by Gasteiger charge is -2.13. The van der Waals surface area contributed by atoms with Crippen molar-refractivity contribution in [3.63, 3.8) is 0 Å². The molecule has 0 aliphatic carbocycles. The Morgan fingerprint density at radius 2 is 1.96 bits per heavy atom. The predicted octanol–water partition coefficient (Wildman–Crippen LogP) is 3.98.